The van der Waals surface area contributed by atoms with Crippen LogP contribution in [0.5, 0.6) is 0 Å². The maximum absolute atomic E-state index is 12.5. The third-order valence-electron chi connectivity index (χ3n) is 6.47. The van der Waals surface area contributed by atoms with Gasteiger partial charge in [-0.2, -0.15) is 0 Å². The van der Waals surface area contributed by atoms with Crippen LogP contribution in [-0.4, -0.2) is 84.0 Å². The van der Waals surface area contributed by atoms with E-state index in [0.29, 0.717) is 45.8 Å². The first-order valence-corrected chi connectivity index (χ1v) is 10.4. The molecule has 1 aromatic heterocycles. The van der Waals surface area contributed by atoms with E-state index in [1.807, 2.05) is 28.0 Å². The average molecular weight is 386 g/mol. The van der Waals surface area contributed by atoms with Crippen LogP contribution in [0.25, 0.3) is 0 Å². The Labute approximate surface area is 166 Å². The summed E-state index contributed by atoms with van der Waals surface area (Å²) in [7, 11) is 0. The minimum Gasteiger partial charge on any atom is -0.378 e. The number of nitrogens with zero attached hydrogens (tertiary/aromatic N) is 4. The van der Waals surface area contributed by atoms with Gasteiger partial charge in [-0.25, -0.2) is 0 Å². The number of morpholine rings is 1. The lowest BCUT2D eigenvalue weighted by Gasteiger charge is -2.47. The molecule has 3 aliphatic rings. The minimum atomic E-state index is 0.196. The Morgan fingerprint density at radius 3 is 2.61 bits per heavy atom. The number of aromatic nitrogens is 1. The number of likely N-dealkylation sites (tertiary alicyclic amines) is 2. The molecule has 4 heterocycles. The lowest BCUT2D eigenvalue weighted by Crippen LogP contribution is -2.53. The smallest absolute Gasteiger partial charge is 0.236 e. The molecular formula is C21H30N4O3. The Morgan fingerprint density at radius 1 is 1.11 bits per heavy atom. The Morgan fingerprint density at radius 2 is 1.89 bits per heavy atom. The number of carbonyl (C=O) groups excluding carboxylic acids is 2. The molecule has 2 amide bonds. The molecule has 1 spiro atoms. The first kappa shape index (κ1) is 19.3. The largest absolute Gasteiger partial charge is 0.378 e. The molecule has 0 saturated carbocycles. The van der Waals surface area contributed by atoms with E-state index in [9.17, 15) is 9.59 Å². The second-order valence-electron chi connectivity index (χ2n) is 8.34. The second-order valence-corrected chi connectivity index (χ2v) is 8.34. The zero-order valence-electron chi connectivity index (χ0n) is 16.5. The van der Waals surface area contributed by atoms with Gasteiger partial charge in [-0.1, -0.05) is 6.07 Å². The van der Waals surface area contributed by atoms with Gasteiger partial charge in [0.15, 0.2) is 0 Å². The Bertz CT molecular complexity index is 682. The van der Waals surface area contributed by atoms with Crippen molar-refractivity contribution in [3.8, 4) is 0 Å². The van der Waals surface area contributed by atoms with Gasteiger partial charge in [0.1, 0.15) is 0 Å². The fourth-order valence-electron chi connectivity index (χ4n) is 4.63. The van der Waals surface area contributed by atoms with Gasteiger partial charge < -0.3 is 14.5 Å². The zero-order valence-corrected chi connectivity index (χ0v) is 16.5. The molecular weight excluding hydrogens is 356 g/mol. The van der Waals surface area contributed by atoms with Crippen LogP contribution in [0.15, 0.2) is 24.4 Å². The van der Waals surface area contributed by atoms with E-state index in [-0.39, 0.29) is 17.2 Å². The average Bonchev–Trinajstić information content (AvgIpc) is 2.74. The lowest BCUT2D eigenvalue weighted by atomic mass is 9.72. The van der Waals surface area contributed by atoms with E-state index in [1.165, 1.54) is 0 Å². The first-order valence-electron chi connectivity index (χ1n) is 10.4. The van der Waals surface area contributed by atoms with Crippen molar-refractivity contribution in [2.75, 3.05) is 52.5 Å². The van der Waals surface area contributed by atoms with Crippen molar-refractivity contribution in [3.05, 3.63) is 30.1 Å². The van der Waals surface area contributed by atoms with Crippen LogP contribution in [0, 0.1) is 5.41 Å². The van der Waals surface area contributed by atoms with E-state index < -0.39 is 0 Å². The van der Waals surface area contributed by atoms with Gasteiger partial charge in [0.05, 0.1) is 32.0 Å². The fourth-order valence-corrected chi connectivity index (χ4v) is 4.63. The molecule has 4 rings (SSSR count). The summed E-state index contributed by atoms with van der Waals surface area (Å²) in [5, 5.41) is 0. The normalized spacial score (nSPS) is 23.2. The molecule has 28 heavy (non-hydrogen) atoms. The van der Waals surface area contributed by atoms with Crippen LogP contribution in [0.3, 0.4) is 0 Å². The van der Waals surface area contributed by atoms with Crippen LogP contribution in [0.1, 0.15) is 31.4 Å². The highest BCUT2D eigenvalue weighted by Gasteiger charge is 2.41. The Hall–Kier alpha value is -1.99. The molecule has 3 aliphatic heterocycles. The highest BCUT2D eigenvalue weighted by Crippen LogP contribution is 2.40. The SMILES string of the molecule is O=C(CN1CCC2(CCC(=O)N(Cc3ccccn3)C2)CC1)N1CCOCC1. The molecule has 0 N–H and O–H groups in total. The highest BCUT2D eigenvalue weighted by molar-refractivity contribution is 5.78. The van der Waals surface area contributed by atoms with Crippen LogP contribution in [0.4, 0.5) is 0 Å². The van der Waals surface area contributed by atoms with Crippen LogP contribution >= 0.6 is 0 Å². The van der Waals surface area contributed by atoms with Gasteiger partial charge >= 0.3 is 0 Å². The van der Waals surface area contributed by atoms with Crippen LogP contribution in [-0.2, 0) is 20.9 Å². The standard InChI is InChI=1S/C21H30N4O3/c26-19-4-5-21(17-25(19)15-18-3-1-2-8-22-18)6-9-23(10-7-21)16-20(27)24-11-13-28-14-12-24/h1-3,8H,4-7,9-17H2. The molecule has 0 bridgehead atoms. The van der Waals surface area contributed by atoms with Crippen LogP contribution < -0.4 is 0 Å². The van der Waals surface area contributed by atoms with E-state index in [2.05, 4.69) is 9.88 Å². The monoisotopic (exact) mass is 386 g/mol. The van der Waals surface area contributed by atoms with Crippen molar-refractivity contribution in [1.29, 1.82) is 0 Å². The molecule has 7 nitrogen and oxygen atoms in total. The molecule has 0 aromatic carbocycles. The number of amides is 2. The van der Waals surface area contributed by atoms with Crippen molar-refractivity contribution >= 4 is 11.8 Å². The van der Waals surface area contributed by atoms with Crippen molar-refractivity contribution in [1.82, 2.24) is 19.7 Å². The first-order chi connectivity index (χ1) is 13.6. The summed E-state index contributed by atoms with van der Waals surface area (Å²) in [6.07, 6.45) is 5.48. The summed E-state index contributed by atoms with van der Waals surface area (Å²) >= 11 is 0. The van der Waals surface area contributed by atoms with Crippen molar-refractivity contribution in [2.45, 2.75) is 32.2 Å². The molecule has 7 heteroatoms. The van der Waals surface area contributed by atoms with Gasteiger partial charge in [-0.15, -0.1) is 0 Å². The van der Waals surface area contributed by atoms with Gasteiger partial charge in [0.2, 0.25) is 11.8 Å². The number of hydrogen-bond donors (Lipinski definition) is 0. The van der Waals surface area contributed by atoms with Crippen molar-refractivity contribution < 1.29 is 14.3 Å². The zero-order chi connectivity index (χ0) is 19.4. The highest BCUT2D eigenvalue weighted by atomic mass is 16.5. The van der Waals surface area contributed by atoms with Gasteiger partial charge in [0.25, 0.3) is 0 Å². The summed E-state index contributed by atoms with van der Waals surface area (Å²) in [5.74, 6) is 0.455. The molecule has 0 unspecified atom stereocenters. The second kappa shape index (κ2) is 8.57. The van der Waals surface area contributed by atoms with Gasteiger partial charge in [-0.3, -0.25) is 19.5 Å². The number of carbonyl (C=O) groups is 2. The van der Waals surface area contributed by atoms with E-state index in [4.69, 9.17) is 4.74 Å². The van der Waals surface area contributed by atoms with Crippen molar-refractivity contribution in [2.24, 2.45) is 5.41 Å². The molecule has 0 atom stereocenters. The Kier molecular flexibility index (Phi) is 5.92. The summed E-state index contributed by atoms with van der Waals surface area (Å²) in [6, 6.07) is 5.85. The van der Waals surface area contributed by atoms with E-state index in [0.717, 1.165) is 44.6 Å². The predicted molar refractivity (Wildman–Crippen MR) is 104 cm³/mol. The fraction of sp³-hybridized carbons (Fsp3) is 0.667. The summed E-state index contributed by atoms with van der Waals surface area (Å²) < 4.78 is 5.33. The quantitative estimate of drug-likeness (QED) is 0.777. The minimum absolute atomic E-state index is 0.196. The van der Waals surface area contributed by atoms with E-state index >= 15 is 0 Å². The van der Waals surface area contributed by atoms with Crippen molar-refractivity contribution in [3.63, 3.8) is 0 Å². The maximum atomic E-state index is 12.5. The summed E-state index contributed by atoms with van der Waals surface area (Å²) in [5.41, 5.74) is 1.14. The van der Waals surface area contributed by atoms with Gasteiger partial charge in [-0.05, 0) is 49.9 Å². The molecule has 152 valence electrons. The van der Waals surface area contributed by atoms with E-state index in [1.54, 1.807) is 6.20 Å². The third-order valence-corrected chi connectivity index (χ3v) is 6.47. The molecule has 0 radical (unpaired) electrons. The number of piperidine rings is 2. The topological polar surface area (TPSA) is 66.0 Å². The lowest BCUT2D eigenvalue weighted by molar-refractivity contribution is -0.140. The summed E-state index contributed by atoms with van der Waals surface area (Å²) in [4.78, 5) is 35.5. The predicted octanol–water partition coefficient (Wildman–Crippen LogP) is 1.15. The number of rotatable bonds is 4. The number of pyridine rings is 1. The molecule has 1 aromatic rings. The molecule has 3 fully saturated rings. The third kappa shape index (κ3) is 4.52. The maximum Gasteiger partial charge on any atom is 0.236 e. The number of ether oxygens (including phenoxy) is 1. The summed E-state index contributed by atoms with van der Waals surface area (Å²) in [6.45, 7) is 6.50. The molecule has 3 saturated heterocycles. The molecule has 0 aliphatic carbocycles. The number of hydrogen-bond acceptors (Lipinski definition) is 5. The Balaban J connectivity index is 1.30. The van der Waals surface area contributed by atoms with Crippen LogP contribution in [0.2, 0.25) is 0 Å². The van der Waals surface area contributed by atoms with Gasteiger partial charge in [0, 0.05) is 32.3 Å².